The van der Waals surface area contributed by atoms with Crippen LogP contribution in [0.5, 0.6) is 0 Å². The predicted octanol–water partition coefficient (Wildman–Crippen LogP) is -0.105. The molecule has 0 spiro atoms. The van der Waals surface area contributed by atoms with Crippen LogP contribution in [0.2, 0.25) is 0 Å². The molecule has 17 heavy (non-hydrogen) atoms. The fraction of sp³-hybridized carbons (Fsp3) is 0.700. The Labute approximate surface area is 98.0 Å². The lowest BCUT2D eigenvalue weighted by atomic mass is 10.1. The molecule has 2 N–H and O–H groups in total. The number of carboxylic acids is 1. The van der Waals surface area contributed by atoms with Crippen molar-refractivity contribution in [2.24, 2.45) is 5.41 Å². The van der Waals surface area contributed by atoms with E-state index < -0.39 is 5.97 Å². The fourth-order valence-corrected chi connectivity index (χ4v) is 1.77. The summed E-state index contributed by atoms with van der Waals surface area (Å²) in [7, 11) is 1.49. The van der Waals surface area contributed by atoms with Gasteiger partial charge in [0, 0.05) is 12.5 Å². The molecule has 0 atom stereocenters. The van der Waals surface area contributed by atoms with Crippen molar-refractivity contribution in [3.05, 3.63) is 11.4 Å². The zero-order chi connectivity index (χ0) is 12.5. The average molecular weight is 241 g/mol. The highest BCUT2D eigenvalue weighted by Gasteiger charge is 2.43. The number of aromatic carboxylic acids is 1. The Bertz CT molecular complexity index is 425. The minimum absolute atomic E-state index is 0.0828. The first kappa shape index (κ1) is 12.0. The molecular weight excluding hydrogens is 226 g/mol. The fourth-order valence-electron chi connectivity index (χ4n) is 1.77. The van der Waals surface area contributed by atoms with E-state index in [1.165, 1.54) is 11.8 Å². The zero-order valence-corrected chi connectivity index (χ0v) is 9.59. The maximum atomic E-state index is 10.9. The number of rotatable bonds is 6. The standard InChI is InChI=1S/C10H15N3O4/c1-17-4-7-8(9(15)16)11-12-13(7)5-10(6-14)2-3-10/h14H,2-6H2,1H3,(H,15,16). The molecule has 1 fully saturated rings. The third kappa shape index (κ3) is 2.29. The molecule has 0 aromatic carbocycles. The summed E-state index contributed by atoms with van der Waals surface area (Å²) < 4.78 is 6.48. The van der Waals surface area contributed by atoms with Crippen molar-refractivity contribution < 1.29 is 19.7 Å². The molecule has 2 rings (SSSR count). The summed E-state index contributed by atoms with van der Waals surface area (Å²) in [6, 6.07) is 0. The van der Waals surface area contributed by atoms with Crippen LogP contribution >= 0.6 is 0 Å². The van der Waals surface area contributed by atoms with E-state index in [2.05, 4.69) is 10.3 Å². The number of methoxy groups -OCH3 is 1. The number of ether oxygens (including phenoxy) is 1. The Morgan fingerprint density at radius 2 is 2.29 bits per heavy atom. The van der Waals surface area contributed by atoms with E-state index in [9.17, 15) is 9.90 Å². The SMILES string of the molecule is COCc1c(C(=O)O)nnn1CC1(CO)CC1. The van der Waals surface area contributed by atoms with E-state index in [1.54, 1.807) is 0 Å². The van der Waals surface area contributed by atoms with Gasteiger partial charge in [-0.25, -0.2) is 9.48 Å². The molecule has 0 radical (unpaired) electrons. The minimum atomic E-state index is -1.11. The Hall–Kier alpha value is -1.47. The van der Waals surface area contributed by atoms with Gasteiger partial charge < -0.3 is 14.9 Å². The summed E-state index contributed by atoms with van der Waals surface area (Å²) in [5, 5.41) is 25.7. The van der Waals surface area contributed by atoms with Gasteiger partial charge in [0.05, 0.1) is 25.5 Å². The molecule has 1 aromatic heterocycles. The van der Waals surface area contributed by atoms with Crippen molar-refractivity contribution in [3.8, 4) is 0 Å². The van der Waals surface area contributed by atoms with Crippen LogP contribution in [0.1, 0.15) is 29.0 Å². The number of carboxylic acid groups (broad SMARTS) is 1. The minimum Gasteiger partial charge on any atom is -0.476 e. The second kappa shape index (κ2) is 4.42. The monoisotopic (exact) mass is 241 g/mol. The van der Waals surface area contributed by atoms with Gasteiger partial charge in [-0.05, 0) is 12.8 Å². The van der Waals surface area contributed by atoms with Crippen LogP contribution in [0.15, 0.2) is 0 Å². The normalized spacial score (nSPS) is 17.1. The molecule has 1 aliphatic rings. The van der Waals surface area contributed by atoms with E-state index >= 15 is 0 Å². The molecule has 0 saturated heterocycles. The second-order valence-electron chi connectivity index (χ2n) is 4.44. The number of nitrogens with zero attached hydrogens (tertiary/aromatic N) is 3. The summed E-state index contributed by atoms with van der Waals surface area (Å²) in [4.78, 5) is 10.9. The Morgan fingerprint density at radius 1 is 1.59 bits per heavy atom. The topological polar surface area (TPSA) is 97.5 Å². The van der Waals surface area contributed by atoms with Gasteiger partial charge in [0.25, 0.3) is 0 Å². The van der Waals surface area contributed by atoms with Gasteiger partial charge in [-0.1, -0.05) is 5.21 Å². The molecule has 1 heterocycles. The van der Waals surface area contributed by atoms with Crippen LogP contribution in [-0.4, -0.2) is 44.9 Å². The highest BCUT2D eigenvalue weighted by molar-refractivity contribution is 5.86. The molecule has 7 heteroatoms. The van der Waals surface area contributed by atoms with Crippen LogP contribution in [0, 0.1) is 5.41 Å². The molecule has 1 aromatic rings. The van der Waals surface area contributed by atoms with E-state index in [0.717, 1.165) is 12.8 Å². The second-order valence-corrected chi connectivity index (χ2v) is 4.44. The number of aliphatic hydroxyl groups is 1. The van der Waals surface area contributed by atoms with Crippen LogP contribution < -0.4 is 0 Å². The molecule has 0 unspecified atom stereocenters. The number of carbonyl (C=O) groups is 1. The first-order valence-electron chi connectivity index (χ1n) is 5.37. The lowest BCUT2D eigenvalue weighted by molar-refractivity contribution is 0.0684. The van der Waals surface area contributed by atoms with E-state index in [1.807, 2.05) is 0 Å². The number of aliphatic hydroxyl groups excluding tert-OH is 1. The van der Waals surface area contributed by atoms with Gasteiger partial charge in [0.2, 0.25) is 0 Å². The van der Waals surface area contributed by atoms with Gasteiger partial charge >= 0.3 is 5.97 Å². The molecule has 0 aliphatic heterocycles. The Balaban J connectivity index is 2.24. The first-order valence-corrected chi connectivity index (χ1v) is 5.37. The van der Waals surface area contributed by atoms with Crippen molar-refractivity contribution in [1.29, 1.82) is 0 Å². The van der Waals surface area contributed by atoms with Gasteiger partial charge in [0.1, 0.15) is 0 Å². The van der Waals surface area contributed by atoms with Gasteiger partial charge in [0.15, 0.2) is 5.69 Å². The van der Waals surface area contributed by atoms with Crippen LogP contribution in [-0.2, 0) is 17.9 Å². The van der Waals surface area contributed by atoms with Crippen LogP contribution in [0.3, 0.4) is 0 Å². The largest absolute Gasteiger partial charge is 0.476 e. The highest BCUT2D eigenvalue weighted by atomic mass is 16.5. The lowest BCUT2D eigenvalue weighted by Crippen LogP contribution is -2.19. The third-order valence-corrected chi connectivity index (χ3v) is 3.10. The number of aromatic nitrogens is 3. The summed E-state index contributed by atoms with van der Waals surface area (Å²) in [5.74, 6) is -1.11. The number of hydrogen-bond acceptors (Lipinski definition) is 5. The van der Waals surface area contributed by atoms with Crippen molar-refractivity contribution in [1.82, 2.24) is 15.0 Å². The molecule has 0 bridgehead atoms. The first-order chi connectivity index (χ1) is 8.12. The maximum absolute atomic E-state index is 10.9. The van der Waals surface area contributed by atoms with Gasteiger partial charge in [-0.3, -0.25) is 0 Å². The zero-order valence-electron chi connectivity index (χ0n) is 9.59. The molecule has 1 aliphatic carbocycles. The number of hydrogen-bond donors (Lipinski definition) is 2. The molecule has 0 amide bonds. The summed E-state index contributed by atoms with van der Waals surface area (Å²) in [6.45, 7) is 0.723. The average Bonchev–Trinajstić information content (AvgIpc) is 2.96. The quantitative estimate of drug-likeness (QED) is 0.721. The Kier molecular flexibility index (Phi) is 3.12. The van der Waals surface area contributed by atoms with Gasteiger partial charge in [-0.15, -0.1) is 5.10 Å². The van der Waals surface area contributed by atoms with Crippen molar-refractivity contribution in [2.75, 3.05) is 13.7 Å². The van der Waals surface area contributed by atoms with Crippen molar-refractivity contribution in [3.63, 3.8) is 0 Å². The van der Waals surface area contributed by atoms with Crippen LogP contribution in [0.25, 0.3) is 0 Å². The summed E-state index contributed by atoms with van der Waals surface area (Å²) in [5.41, 5.74) is 0.215. The predicted molar refractivity (Wildman–Crippen MR) is 56.4 cm³/mol. The molecule has 94 valence electrons. The van der Waals surface area contributed by atoms with E-state index in [4.69, 9.17) is 9.84 Å². The van der Waals surface area contributed by atoms with Gasteiger partial charge in [-0.2, -0.15) is 0 Å². The third-order valence-electron chi connectivity index (χ3n) is 3.10. The van der Waals surface area contributed by atoms with E-state index in [0.29, 0.717) is 12.2 Å². The van der Waals surface area contributed by atoms with Crippen LogP contribution in [0.4, 0.5) is 0 Å². The summed E-state index contributed by atoms with van der Waals surface area (Å²) >= 11 is 0. The molecular formula is C10H15N3O4. The van der Waals surface area contributed by atoms with E-state index in [-0.39, 0.29) is 24.3 Å². The van der Waals surface area contributed by atoms with Crippen molar-refractivity contribution >= 4 is 5.97 Å². The lowest BCUT2D eigenvalue weighted by Gasteiger charge is -2.13. The highest BCUT2D eigenvalue weighted by Crippen LogP contribution is 2.46. The smallest absolute Gasteiger partial charge is 0.358 e. The van der Waals surface area contributed by atoms with Crippen molar-refractivity contribution in [2.45, 2.75) is 26.0 Å². The maximum Gasteiger partial charge on any atom is 0.358 e. The molecule has 1 saturated carbocycles. The Morgan fingerprint density at radius 3 is 2.76 bits per heavy atom. The molecule has 7 nitrogen and oxygen atoms in total. The summed E-state index contributed by atoms with van der Waals surface area (Å²) in [6.07, 6.45) is 1.86.